The Balaban J connectivity index is 0.000000200. The highest BCUT2D eigenvalue weighted by Crippen LogP contribution is 2.24. The SMILES string of the molecule is C[C@@]1(F)C[C@@H](CO)NC1=O.C[C@]1(F)C[C@@H](CO)NC1=O. The number of hydrogen-bond acceptors (Lipinski definition) is 4. The predicted octanol–water partition coefficient (Wildman–Crippen LogP) is -0.809. The third kappa shape index (κ3) is 3.86. The molecule has 0 spiro atoms. The van der Waals surface area contributed by atoms with Crippen LogP contribution in [0, 0.1) is 0 Å². The minimum Gasteiger partial charge on any atom is -0.394 e. The van der Waals surface area contributed by atoms with Crippen molar-refractivity contribution in [1.82, 2.24) is 10.6 Å². The Labute approximate surface area is 115 Å². The van der Waals surface area contributed by atoms with Gasteiger partial charge in [-0.3, -0.25) is 9.59 Å². The molecule has 0 radical (unpaired) electrons. The monoisotopic (exact) mass is 294 g/mol. The van der Waals surface area contributed by atoms with Gasteiger partial charge in [0.1, 0.15) is 0 Å². The van der Waals surface area contributed by atoms with E-state index in [-0.39, 0.29) is 26.1 Å². The first kappa shape index (κ1) is 16.8. The summed E-state index contributed by atoms with van der Waals surface area (Å²) in [5.74, 6) is -1.24. The van der Waals surface area contributed by atoms with Crippen molar-refractivity contribution >= 4 is 11.8 Å². The molecule has 4 N–H and O–H groups in total. The molecule has 2 heterocycles. The smallest absolute Gasteiger partial charge is 0.257 e. The van der Waals surface area contributed by atoms with Gasteiger partial charge in [-0.25, -0.2) is 8.78 Å². The maximum Gasteiger partial charge on any atom is 0.257 e. The van der Waals surface area contributed by atoms with Crippen molar-refractivity contribution in [1.29, 1.82) is 0 Å². The zero-order valence-corrected chi connectivity index (χ0v) is 11.4. The van der Waals surface area contributed by atoms with Crippen LogP contribution in [0.5, 0.6) is 0 Å². The van der Waals surface area contributed by atoms with E-state index in [4.69, 9.17) is 10.2 Å². The first-order valence-electron chi connectivity index (χ1n) is 6.34. The van der Waals surface area contributed by atoms with Crippen LogP contribution in [0.3, 0.4) is 0 Å². The average molecular weight is 294 g/mol. The van der Waals surface area contributed by atoms with Crippen LogP contribution in [-0.4, -0.2) is 58.7 Å². The van der Waals surface area contributed by atoms with Gasteiger partial charge in [0, 0.05) is 12.8 Å². The predicted molar refractivity (Wildman–Crippen MR) is 66.3 cm³/mol. The van der Waals surface area contributed by atoms with Crippen LogP contribution in [0.2, 0.25) is 0 Å². The maximum atomic E-state index is 12.9. The largest absolute Gasteiger partial charge is 0.394 e. The molecule has 2 saturated heterocycles. The van der Waals surface area contributed by atoms with E-state index in [0.717, 1.165) is 0 Å². The molecule has 0 aromatic rings. The molecule has 2 fully saturated rings. The molecule has 2 amide bonds. The van der Waals surface area contributed by atoms with E-state index in [1.165, 1.54) is 13.8 Å². The minimum absolute atomic E-state index is 0.0718. The lowest BCUT2D eigenvalue weighted by Gasteiger charge is -2.06. The number of alkyl halides is 2. The highest BCUT2D eigenvalue weighted by Gasteiger charge is 2.43. The molecule has 0 aromatic carbocycles. The third-order valence-corrected chi connectivity index (χ3v) is 3.32. The second kappa shape index (κ2) is 6.01. The Hall–Kier alpha value is -1.28. The second-order valence-corrected chi connectivity index (χ2v) is 5.51. The maximum absolute atomic E-state index is 12.9. The van der Waals surface area contributed by atoms with E-state index >= 15 is 0 Å². The molecule has 20 heavy (non-hydrogen) atoms. The van der Waals surface area contributed by atoms with Gasteiger partial charge < -0.3 is 20.8 Å². The number of carbonyl (C=O) groups is 2. The molecule has 116 valence electrons. The number of aliphatic hydroxyl groups excluding tert-OH is 2. The number of carbonyl (C=O) groups excluding carboxylic acids is 2. The fourth-order valence-electron chi connectivity index (χ4n) is 2.11. The van der Waals surface area contributed by atoms with Gasteiger partial charge in [0.25, 0.3) is 11.8 Å². The number of halogens is 2. The quantitative estimate of drug-likeness (QED) is 0.535. The molecule has 0 aliphatic carbocycles. The van der Waals surface area contributed by atoms with Crippen LogP contribution in [0.1, 0.15) is 26.7 Å². The molecular weight excluding hydrogens is 274 g/mol. The van der Waals surface area contributed by atoms with Crippen molar-refractivity contribution in [2.24, 2.45) is 0 Å². The lowest BCUT2D eigenvalue weighted by atomic mass is 10.1. The molecule has 0 aromatic heterocycles. The molecule has 4 atom stereocenters. The van der Waals surface area contributed by atoms with Gasteiger partial charge in [0.2, 0.25) is 0 Å². The van der Waals surface area contributed by atoms with Crippen LogP contribution < -0.4 is 10.6 Å². The summed E-state index contributed by atoms with van der Waals surface area (Å²) in [7, 11) is 0. The highest BCUT2D eigenvalue weighted by molar-refractivity contribution is 5.87. The number of hydrogen-bond donors (Lipinski definition) is 4. The van der Waals surface area contributed by atoms with Crippen molar-refractivity contribution in [2.75, 3.05) is 13.2 Å². The van der Waals surface area contributed by atoms with Crippen molar-refractivity contribution < 1.29 is 28.6 Å². The molecule has 2 rings (SSSR count). The van der Waals surface area contributed by atoms with E-state index in [1.807, 2.05) is 0 Å². The van der Waals surface area contributed by atoms with E-state index in [9.17, 15) is 18.4 Å². The Morgan fingerprint density at radius 2 is 1.30 bits per heavy atom. The molecule has 6 nitrogen and oxygen atoms in total. The zero-order valence-electron chi connectivity index (χ0n) is 11.4. The minimum atomic E-state index is -1.78. The summed E-state index contributed by atoms with van der Waals surface area (Å²) < 4.78 is 25.8. The first-order valence-corrected chi connectivity index (χ1v) is 6.34. The fourth-order valence-corrected chi connectivity index (χ4v) is 2.11. The van der Waals surface area contributed by atoms with Gasteiger partial charge >= 0.3 is 0 Å². The second-order valence-electron chi connectivity index (χ2n) is 5.51. The summed E-state index contributed by atoms with van der Waals surface area (Å²) >= 11 is 0. The topological polar surface area (TPSA) is 98.7 Å². The Morgan fingerprint density at radius 3 is 1.40 bits per heavy atom. The zero-order chi connectivity index (χ0) is 15.6. The highest BCUT2D eigenvalue weighted by atomic mass is 19.1. The summed E-state index contributed by atoms with van der Waals surface area (Å²) in [5.41, 5.74) is -3.57. The molecule has 0 bridgehead atoms. The van der Waals surface area contributed by atoms with Crippen LogP contribution in [-0.2, 0) is 9.59 Å². The third-order valence-electron chi connectivity index (χ3n) is 3.32. The van der Waals surface area contributed by atoms with Crippen LogP contribution in [0.15, 0.2) is 0 Å². The van der Waals surface area contributed by atoms with Gasteiger partial charge in [0.15, 0.2) is 11.3 Å². The molecule has 2 aliphatic heterocycles. The van der Waals surface area contributed by atoms with Gasteiger partial charge in [-0.1, -0.05) is 0 Å². The Kier molecular flexibility index (Phi) is 5.04. The van der Waals surface area contributed by atoms with Crippen LogP contribution in [0.25, 0.3) is 0 Å². The number of nitrogens with one attached hydrogen (secondary N) is 2. The molecule has 0 unspecified atom stereocenters. The van der Waals surface area contributed by atoms with E-state index in [2.05, 4.69) is 10.6 Å². The summed E-state index contributed by atoms with van der Waals surface area (Å²) in [6.07, 6.45) is 0.144. The Bertz CT molecular complexity index is 352. The lowest BCUT2D eigenvalue weighted by molar-refractivity contribution is -0.128. The van der Waals surface area contributed by atoms with E-state index < -0.39 is 35.2 Å². The Morgan fingerprint density at radius 1 is 1.00 bits per heavy atom. The molecule has 8 heteroatoms. The van der Waals surface area contributed by atoms with Gasteiger partial charge in [-0.15, -0.1) is 0 Å². The molecule has 2 aliphatic rings. The van der Waals surface area contributed by atoms with E-state index in [0.29, 0.717) is 0 Å². The summed E-state index contributed by atoms with van der Waals surface area (Å²) in [4.78, 5) is 21.3. The molecule has 0 saturated carbocycles. The number of rotatable bonds is 2. The van der Waals surface area contributed by atoms with Crippen LogP contribution in [0.4, 0.5) is 8.78 Å². The summed E-state index contributed by atoms with van der Waals surface area (Å²) in [6.45, 7) is 2.06. The van der Waals surface area contributed by atoms with E-state index in [1.54, 1.807) is 0 Å². The summed E-state index contributed by atoms with van der Waals surface area (Å²) in [6, 6.07) is -0.801. The standard InChI is InChI=1S/2C6H10FNO2/c2*1-6(7)2-4(3-9)8-5(6)10/h2*4,9H,2-3H2,1H3,(H,8,10)/t4-,6+;4-,6-/m00/s1. The number of aliphatic hydroxyl groups is 2. The fraction of sp³-hybridized carbons (Fsp3) is 0.833. The van der Waals surface area contributed by atoms with Crippen molar-refractivity contribution in [3.63, 3.8) is 0 Å². The average Bonchev–Trinajstić information content (AvgIpc) is 2.77. The van der Waals surface area contributed by atoms with Gasteiger partial charge in [-0.05, 0) is 13.8 Å². The normalized spacial score (nSPS) is 39.9. The van der Waals surface area contributed by atoms with Gasteiger partial charge in [-0.2, -0.15) is 0 Å². The first-order chi connectivity index (χ1) is 9.12. The van der Waals surface area contributed by atoms with Crippen molar-refractivity contribution in [3.05, 3.63) is 0 Å². The van der Waals surface area contributed by atoms with Gasteiger partial charge in [0.05, 0.1) is 25.3 Å². The van der Waals surface area contributed by atoms with Crippen molar-refractivity contribution in [2.45, 2.75) is 50.1 Å². The van der Waals surface area contributed by atoms with Crippen molar-refractivity contribution in [3.8, 4) is 0 Å². The summed E-state index contributed by atoms with van der Waals surface area (Å²) in [5, 5.41) is 21.7. The molecular formula is C12H20F2N2O4. The van der Waals surface area contributed by atoms with Crippen LogP contribution >= 0.6 is 0 Å². The number of amides is 2. The lowest BCUT2D eigenvalue weighted by Crippen LogP contribution is -2.32.